The first-order valence-electron chi connectivity index (χ1n) is 8.11. The van der Waals surface area contributed by atoms with E-state index in [4.69, 9.17) is 5.73 Å². The van der Waals surface area contributed by atoms with Crippen LogP contribution in [0.15, 0.2) is 48.5 Å². The molecule has 0 aliphatic carbocycles. The first-order valence-corrected chi connectivity index (χ1v) is 8.11. The summed E-state index contributed by atoms with van der Waals surface area (Å²) < 4.78 is 0. The quantitative estimate of drug-likeness (QED) is 0.616. The van der Waals surface area contributed by atoms with Gasteiger partial charge in [-0.3, -0.25) is 19.2 Å². The minimum Gasteiger partial charge on any atom is -0.368 e. The van der Waals surface area contributed by atoms with Gasteiger partial charge in [-0.1, -0.05) is 30.3 Å². The van der Waals surface area contributed by atoms with Gasteiger partial charge in [0.15, 0.2) is 0 Å². The molecule has 1 unspecified atom stereocenters. The van der Waals surface area contributed by atoms with Crippen LogP contribution in [0.5, 0.6) is 0 Å². The van der Waals surface area contributed by atoms with Crippen molar-refractivity contribution in [2.75, 3.05) is 10.6 Å². The number of nitrogens with one attached hydrogen (secondary N) is 3. The van der Waals surface area contributed by atoms with Gasteiger partial charge in [0, 0.05) is 30.8 Å². The number of rotatable bonds is 6. The lowest BCUT2D eigenvalue weighted by molar-refractivity contribution is -0.120. The largest absolute Gasteiger partial charge is 0.368 e. The fourth-order valence-electron chi connectivity index (χ4n) is 2.49. The summed E-state index contributed by atoms with van der Waals surface area (Å²) in [5.74, 6) is -1.96. The summed E-state index contributed by atoms with van der Waals surface area (Å²) in [6, 6.07) is 11.9. The zero-order chi connectivity index (χ0) is 20.0. The molecule has 140 valence electrons. The molecule has 0 aromatic heterocycles. The molecular weight excluding hydrogens is 348 g/mol. The van der Waals surface area contributed by atoms with Gasteiger partial charge in [-0.2, -0.15) is 0 Å². The van der Waals surface area contributed by atoms with Gasteiger partial charge < -0.3 is 21.7 Å². The molecule has 0 heterocycles. The molecule has 0 aliphatic rings. The van der Waals surface area contributed by atoms with Gasteiger partial charge in [0.25, 0.3) is 5.91 Å². The zero-order valence-electron chi connectivity index (χ0n) is 14.9. The van der Waals surface area contributed by atoms with Crippen LogP contribution in [-0.4, -0.2) is 23.6 Å². The van der Waals surface area contributed by atoms with Crippen molar-refractivity contribution in [3.8, 4) is 0 Å². The smallest absolute Gasteiger partial charge is 0.252 e. The van der Waals surface area contributed by atoms with Gasteiger partial charge in [-0.05, 0) is 23.8 Å². The minimum atomic E-state index is -1.02. The summed E-state index contributed by atoms with van der Waals surface area (Å²) in [4.78, 5) is 47.1. The number of primary amides is 1. The Morgan fingerprint density at radius 1 is 0.852 bits per heavy atom. The lowest BCUT2D eigenvalue weighted by Crippen LogP contribution is -2.37. The molecule has 0 saturated heterocycles. The average Bonchev–Trinajstić information content (AvgIpc) is 2.58. The second-order valence-electron chi connectivity index (χ2n) is 5.88. The van der Waals surface area contributed by atoms with Crippen molar-refractivity contribution in [3.05, 3.63) is 59.7 Å². The second kappa shape index (κ2) is 8.61. The Kier molecular flexibility index (Phi) is 6.27. The zero-order valence-corrected chi connectivity index (χ0v) is 14.9. The van der Waals surface area contributed by atoms with Crippen molar-refractivity contribution in [2.24, 2.45) is 5.73 Å². The number of benzene rings is 2. The monoisotopic (exact) mass is 368 g/mol. The highest BCUT2D eigenvalue weighted by Crippen LogP contribution is 2.21. The number of hydrogen-bond donors (Lipinski definition) is 4. The Hall–Kier alpha value is -3.68. The number of carbonyl (C=O) groups is 4. The van der Waals surface area contributed by atoms with Crippen LogP contribution < -0.4 is 21.7 Å². The Morgan fingerprint density at radius 3 is 1.81 bits per heavy atom. The maximum atomic E-state index is 12.7. The summed E-state index contributed by atoms with van der Waals surface area (Å²) in [5, 5.41) is 7.69. The van der Waals surface area contributed by atoms with Crippen molar-refractivity contribution in [1.29, 1.82) is 0 Å². The predicted octanol–water partition coefficient (Wildman–Crippen LogP) is 1.56. The van der Waals surface area contributed by atoms with Crippen LogP contribution in [-0.2, 0) is 14.4 Å². The van der Waals surface area contributed by atoms with Gasteiger partial charge in [0.1, 0.15) is 6.04 Å². The molecule has 0 saturated carbocycles. The van der Waals surface area contributed by atoms with Crippen LogP contribution in [0.3, 0.4) is 0 Å². The maximum Gasteiger partial charge on any atom is 0.252 e. The SMILES string of the molecule is CC(=O)Nc1cc(NC(C)=O)cc(C(=O)NC(C(N)=O)c2ccccc2)c1. The van der Waals surface area contributed by atoms with Gasteiger partial charge >= 0.3 is 0 Å². The summed E-state index contributed by atoms with van der Waals surface area (Å²) >= 11 is 0. The molecule has 1 atom stereocenters. The highest BCUT2D eigenvalue weighted by Gasteiger charge is 2.21. The van der Waals surface area contributed by atoms with E-state index in [1.807, 2.05) is 0 Å². The second-order valence-corrected chi connectivity index (χ2v) is 5.88. The number of nitrogens with two attached hydrogens (primary N) is 1. The molecule has 27 heavy (non-hydrogen) atoms. The van der Waals surface area contributed by atoms with E-state index in [-0.39, 0.29) is 17.4 Å². The molecule has 0 bridgehead atoms. The Balaban J connectivity index is 2.33. The van der Waals surface area contributed by atoms with Crippen LogP contribution in [0, 0.1) is 0 Å². The van der Waals surface area contributed by atoms with Crippen LogP contribution in [0.4, 0.5) is 11.4 Å². The fourth-order valence-corrected chi connectivity index (χ4v) is 2.49. The van der Waals surface area contributed by atoms with Crippen LogP contribution in [0.1, 0.15) is 35.8 Å². The molecule has 0 aliphatic heterocycles. The van der Waals surface area contributed by atoms with E-state index in [2.05, 4.69) is 16.0 Å². The van der Waals surface area contributed by atoms with Crippen LogP contribution in [0.25, 0.3) is 0 Å². The third-order valence-electron chi connectivity index (χ3n) is 3.53. The molecule has 4 amide bonds. The number of amides is 4. The lowest BCUT2D eigenvalue weighted by atomic mass is 10.1. The Morgan fingerprint density at radius 2 is 1.37 bits per heavy atom. The maximum absolute atomic E-state index is 12.7. The molecule has 0 radical (unpaired) electrons. The van der Waals surface area contributed by atoms with Crippen molar-refractivity contribution in [1.82, 2.24) is 5.32 Å². The van der Waals surface area contributed by atoms with Crippen molar-refractivity contribution in [2.45, 2.75) is 19.9 Å². The first-order chi connectivity index (χ1) is 12.8. The minimum absolute atomic E-state index is 0.146. The predicted molar refractivity (Wildman–Crippen MR) is 101 cm³/mol. The van der Waals surface area contributed by atoms with E-state index < -0.39 is 17.9 Å². The average molecular weight is 368 g/mol. The van der Waals surface area contributed by atoms with E-state index in [0.717, 1.165) is 0 Å². The molecule has 2 rings (SSSR count). The van der Waals surface area contributed by atoms with E-state index in [1.165, 1.54) is 32.0 Å². The number of hydrogen-bond acceptors (Lipinski definition) is 4. The Labute approximate surface area is 156 Å². The molecule has 2 aromatic rings. The first kappa shape index (κ1) is 19.6. The third-order valence-corrected chi connectivity index (χ3v) is 3.53. The summed E-state index contributed by atoms with van der Waals surface area (Å²) in [6.07, 6.45) is 0. The fraction of sp³-hybridized carbons (Fsp3) is 0.158. The molecule has 0 fully saturated rings. The molecular formula is C19H20N4O4. The molecule has 8 nitrogen and oxygen atoms in total. The number of carbonyl (C=O) groups excluding carboxylic acids is 4. The van der Waals surface area contributed by atoms with E-state index in [9.17, 15) is 19.2 Å². The van der Waals surface area contributed by atoms with Gasteiger partial charge in [-0.15, -0.1) is 0 Å². The van der Waals surface area contributed by atoms with Crippen LogP contribution >= 0.6 is 0 Å². The van der Waals surface area contributed by atoms with Gasteiger partial charge in [0.05, 0.1) is 0 Å². The van der Waals surface area contributed by atoms with Gasteiger partial charge in [-0.25, -0.2) is 0 Å². The highest BCUT2D eigenvalue weighted by atomic mass is 16.2. The third kappa shape index (κ3) is 5.67. The molecule has 2 aromatic carbocycles. The molecule has 8 heteroatoms. The molecule has 0 spiro atoms. The van der Waals surface area contributed by atoms with E-state index >= 15 is 0 Å². The van der Waals surface area contributed by atoms with Crippen molar-refractivity contribution >= 4 is 35.0 Å². The Bertz CT molecular complexity index is 846. The summed E-state index contributed by atoms with van der Waals surface area (Å²) in [6.45, 7) is 2.65. The topological polar surface area (TPSA) is 130 Å². The number of anilines is 2. The molecule has 5 N–H and O–H groups in total. The summed E-state index contributed by atoms with van der Waals surface area (Å²) in [7, 11) is 0. The normalized spacial score (nSPS) is 11.2. The van der Waals surface area contributed by atoms with E-state index in [1.54, 1.807) is 30.3 Å². The van der Waals surface area contributed by atoms with Gasteiger partial charge in [0.2, 0.25) is 17.7 Å². The van der Waals surface area contributed by atoms with Crippen molar-refractivity contribution < 1.29 is 19.2 Å². The standard InChI is InChI=1S/C19H20N4O4/c1-11(24)21-15-8-14(9-16(10-15)22-12(2)25)19(27)23-17(18(20)26)13-6-4-3-5-7-13/h3-10,17H,1-2H3,(H2,20,26)(H,21,24)(H,22,25)(H,23,27). The highest BCUT2D eigenvalue weighted by molar-refractivity contribution is 6.01. The van der Waals surface area contributed by atoms with Crippen molar-refractivity contribution in [3.63, 3.8) is 0 Å². The lowest BCUT2D eigenvalue weighted by Gasteiger charge is -2.17. The van der Waals surface area contributed by atoms with Crippen LogP contribution in [0.2, 0.25) is 0 Å². The summed E-state index contributed by atoms with van der Waals surface area (Å²) in [5.41, 5.74) is 6.76. The van der Waals surface area contributed by atoms with E-state index in [0.29, 0.717) is 16.9 Å².